The topological polar surface area (TPSA) is 86.5 Å². The molecule has 0 aliphatic rings. The molecule has 0 bridgehead atoms. The standard InChI is InChI=1S/C14H23N3O3/c1-3-4-5-12(15)14(18)17-11-6-7-13(16-10-11)20-9-8-19-2/h6-7,10,12H,3-5,8-9,15H2,1-2H3,(H,17,18). The van der Waals surface area contributed by atoms with Gasteiger partial charge in [-0.05, 0) is 12.5 Å². The fourth-order valence-electron chi connectivity index (χ4n) is 1.56. The maximum atomic E-state index is 11.8. The van der Waals surface area contributed by atoms with Gasteiger partial charge < -0.3 is 20.5 Å². The summed E-state index contributed by atoms with van der Waals surface area (Å²) in [6.07, 6.45) is 4.20. The van der Waals surface area contributed by atoms with Gasteiger partial charge in [-0.1, -0.05) is 19.8 Å². The first-order valence-corrected chi connectivity index (χ1v) is 6.81. The average molecular weight is 281 g/mol. The predicted molar refractivity (Wildman–Crippen MR) is 77.7 cm³/mol. The molecule has 0 aromatic carbocycles. The maximum absolute atomic E-state index is 11.8. The first kappa shape index (κ1) is 16.4. The van der Waals surface area contributed by atoms with Crippen LogP contribution in [0.15, 0.2) is 18.3 Å². The van der Waals surface area contributed by atoms with Gasteiger partial charge in [0.25, 0.3) is 0 Å². The average Bonchev–Trinajstić information content (AvgIpc) is 2.46. The molecule has 0 aliphatic heterocycles. The van der Waals surface area contributed by atoms with Crippen molar-refractivity contribution in [3.63, 3.8) is 0 Å². The molecular formula is C14H23N3O3. The smallest absolute Gasteiger partial charge is 0.241 e. The van der Waals surface area contributed by atoms with Gasteiger partial charge in [0.2, 0.25) is 11.8 Å². The van der Waals surface area contributed by atoms with Crippen LogP contribution in [0.3, 0.4) is 0 Å². The SMILES string of the molecule is CCCCC(N)C(=O)Nc1ccc(OCCOC)nc1. The second kappa shape index (κ2) is 9.28. The Hall–Kier alpha value is -1.66. The van der Waals surface area contributed by atoms with E-state index >= 15 is 0 Å². The van der Waals surface area contributed by atoms with E-state index in [0.717, 1.165) is 12.8 Å². The lowest BCUT2D eigenvalue weighted by Crippen LogP contribution is -2.35. The second-order valence-electron chi connectivity index (χ2n) is 4.46. The Bertz CT molecular complexity index is 395. The molecule has 0 radical (unpaired) electrons. The summed E-state index contributed by atoms with van der Waals surface area (Å²) < 4.78 is 10.2. The molecule has 1 heterocycles. The number of hydrogen-bond acceptors (Lipinski definition) is 5. The van der Waals surface area contributed by atoms with Crippen molar-refractivity contribution < 1.29 is 14.3 Å². The monoisotopic (exact) mass is 281 g/mol. The minimum absolute atomic E-state index is 0.187. The summed E-state index contributed by atoms with van der Waals surface area (Å²) in [6.45, 7) is 3.01. The molecule has 0 fully saturated rings. The Labute approximate surface area is 119 Å². The minimum atomic E-state index is -0.479. The number of unbranched alkanes of at least 4 members (excludes halogenated alkanes) is 1. The number of aromatic nitrogens is 1. The van der Waals surface area contributed by atoms with E-state index < -0.39 is 6.04 Å². The highest BCUT2D eigenvalue weighted by molar-refractivity contribution is 5.94. The van der Waals surface area contributed by atoms with Gasteiger partial charge in [-0.25, -0.2) is 4.98 Å². The van der Waals surface area contributed by atoms with Crippen LogP contribution >= 0.6 is 0 Å². The molecular weight excluding hydrogens is 258 g/mol. The van der Waals surface area contributed by atoms with Crippen LogP contribution in [-0.4, -0.2) is 37.3 Å². The second-order valence-corrected chi connectivity index (χ2v) is 4.46. The molecule has 1 atom stereocenters. The maximum Gasteiger partial charge on any atom is 0.241 e. The predicted octanol–water partition coefficient (Wildman–Crippen LogP) is 1.56. The van der Waals surface area contributed by atoms with Crippen molar-refractivity contribution in [1.82, 2.24) is 4.98 Å². The Kier molecular flexibility index (Phi) is 7.60. The third kappa shape index (κ3) is 5.99. The van der Waals surface area contributed by atoms with E-state index in [4.69, 9.17) is 15.2 Å². The van der Waals surface area contributed by atoms with Gasteiger partial charge in [0.15, 0.2) is 0 Å². The number of carbonyl (C=O) groups excluding carboxylic acids is 1. The number of carbonyl (C=O) groups is 1. The zero-order chi connectivity index (χ0) is 14.8. The van der Waals surface area contributed by atoms with Crippen LogP contribution in [0.2, 0.25) is 0 Å². The molecule has 6 nitrogen and oxygen atoms in total. The van der Waals surface area contributed by atoms with Gasteiger partial charge in [-0.3, -0.25) is 4.79 Å². The third-order valence-corrected chi connectivity index (χ3v) is 2.75. The lowest BCUT2D eigenvalue weighted by Gasteiger charge is -2.12. The van der Waals surface area contributed by atoms with Crippen molar-refractivity contribution in [1.29, 1.82) is 0 Å². The van der Waals surface area contributed by atoms with Crippen LogP contribution in [-0.2, 0) is 9.53 Å². The van der Waals surface area contributed by atoms with Crippen LogP contribution in [0.25, 0.3) is 0 Å². The fourth-order valence-corrected chi connectivity index (χ4v) is 1.56. The summed E-state index contributed by atoms with van der Waals surface area (Å²) in [6, 6.07) is 2.95. The van der Waals surface area contributed by atoms with Crippen molar-refractivity contribution in [2.45, 2.75) is 32.2 Å². The third-order valence-electron chi connectivity index (χ3n) is 2.75. The molecule has 1 aromatic rings. The van der Waals surface area contributed by atoms with E-state index in [1.165, 1.54) is 0 Å². The lowest BCUT2D eigenvalue weighted by atomic mass is 10.1. The largest absolute Gasteiger partial charge is 0.475 e. The first-order chi connectivity index (χ1) is 9.67. The van der Waals surface area contributed by atoms with Crippen molar-refractivity contribution in [2.24, 2.45) is 5.73 Å². The summed E-state index contributed by atoms with van der Waals surface area (Å²) in [5, 5.41) is 2.74. The number of nitrogens with one attached hydrogen (secondary N) is 1. The fraction of sp³-hybridized carbons (Fsp3) is 0.571. The normalized spacial score (nSPS) is 11.9. The van der Waals surface area contributed by atoms with Crippen molar-refractivity contribution in [3.8, 4) is 5.88 Å². The number of nitrogens with two attached hydrogens (primary N) is 1. The molecule has 20 heavy (non-hydrogen) atoms. The molecule has 0 spiro atoms. The first-order valence-electron chi connectivity index (χ1n) is 6.81. The highest BCUT2D eigenvalue weighted by Gasteiger charge is 2.12. The van der Waals surface area contributed by atoms with Crippen LogP contribution < -0.4 is 15.8 Å². The van der Waals surface area contributed by atoms with Gasteiger partial charge in [0.1, 0.15) is 6.61 Å². The van der Waals surface area contributed by atoms with E-state index in [2.05, 4.69) is 17.2 Å². The van der Waals surface area contributed by atoms with Gasteiger partial charge in [-0.2, -0.15) is 0 Å². The number of methoxy groups -OCH3 is 1. The lowest BCUT2D eigenvalue weighted by molar-refractivity contribution is -0.117. The minimum Gasteiger partial charge on any atom is -0.475 e. The van der Waals surface area contributed by atoms with E-state index in [0.29, 0.717) is 31.2 Å². The van der Waals surface area contributed by atoms with E-state index in [1.54, 1.807) is 25.4 Å². The van der Waals surface area contributed by atoms with Gasteiger partial charge >= 0.3 is 0 Å². The van der Waals surface area contributed by atoms with Gasteiger partial charge in [0, 0.05) is 13.2 Å². The summed E-state index contributed by atoms with van der Waals surface area (Å²) in [5.74, 6) is 0.309. The van der Waals surface area contributed by atoms with E-state index in [1.807, 2.05) is 0 Å². The molecule has 1 rings (SSSR count). The van der Waals surface area contributed by atoms with Crippen molar-refractivity contribution >= 4 is 11.6 Å². The van der Waals surface area contributed by atoms with Crippen molar-refractivity contribution in [2.75, 3.05) is 25.6 Å². The van der Waals surface area contributed by atoms with Gasteiger partial charge in [-0.15, -0.1) is 0 Å². The highest BCUT2D eigenvalue weighted by atomic mass is 16.5. The van der Waals surface area contributed by atoms with Crippen LogP contribution in [0.1, 0.15) is 26.2 Å². The number of hydrogen-bond donors (Lipinski definition) is 2. The van der Waals surface area contributed by atoms with Crippen LogP contribution in [0, 0.1) is 0 Å². The molecule has 0 saturated heterocycles. The Morgan fingerprint density at radius 1 is 1.45 bits per heavy atom. The molecule has 0 saturated carbocycles. The zero-order valence-corrected chi connectivity index (χ0v) is 12.1. The Morgan fingerprint density at radius 3 is 2.85 bits per heavy atom. The zero-order valence-electron chi connectivity index (χ0n) is 12.1. The summed E-state index contributed by atoms with van der Waals surface area (Å²) in [5.41, 5.74) is 6.40. The number of rotatable bonds is 9. The number of ether oxygens (including phenoxy) is 2. The summed E-state index contributed by atoms with van der Waals surface area (Å²) in [4.78, 5) is 15.9. The highest BCUT2D eigenvalue weighted by Crippen LogP contribution is 2.12. The van der Waals surface area contributed by atoms with Crippen LogP contribution in [0.5, 0.6) is 5.88 Å². The summed E-state index contributed by atoms with van der Waals surface area (Å²) in [7, 11) is 1.61. The summed E-state index contributed by atoms with van der Waals surface area (Å²) >= 11 is 0. The number of anilines is 1. The van der Waals surface area contributed by atoms with Crippen molar-refractivity contribution in [3.05, 3.63) is 18.3 Å². The number of pyridine rings is 1. The Balaban J connectivity index is 2.42. The number of amides is 1. The molecule has 112 valence electrons. The van der Waals surface area contributed by atoms with Gasteiger partial charge in [0.05, 0.1) is 24.5 Å². The molecule has 3 N–H and O–H groups in total. The quantitative estimate of drug-likeness (QED) is 0.671. The number of nitrogens with zero attached hydrogens (tertiary/aromatic N) is 1. The van der Waals surface area contributed by atoms with E-state index in [-0.39, 0.29) is 5.91 Å². The molecule has 1 unspecified atom stereocenters. The molecule has 6 heteroatoms. The molecule has 1 aromatic heterocycles. The van der Waals surface area contributed by atoms with E-state index in [9.17, 15) is 4.79 Å². The van der Waals surface area contributed by atoms with Crippen LogP contribution in [0.4, 0.5) is 5.69 Å². The molecule has 0 aliphatic carbocycles. The Morgan fingerprint density at radius 2 is 2.25 bits per heavy atom. The molecule has 1 amide bonds.